The SMILES string of the molecule is CCOC(=O)c1ccc(CC)c(C#N)c1OC. The highest BCUT2D eigenvalue weighted by molar-refractivity contribution is 5.93. The van der Waals surface area contributed by atoms with E-state index in [4.69, 9.17) is 14.7 Å². The van der Waals surface area contributed by atoms with Gasteiger partial charge in [-0.3, -0.25) is 0 Å². The lowest BCUT2D eigenvalue weighted by atomic mass is 10.0. The fourth-order valence-corrected chi connectivity index (χ4v) is 1.62. The number of methoxy groups -OCH3 is 1. The van der Waals surface area contributed by atoms with Crippen LogP contribution in [0.3, 0.4) is 0 Å². The molecule has 0 aliphatic heterocycles. The molecule has 90 valence electrons. The molecule has 1 aromatic rings. The van der Waals surface area contributed by atoms with Crippen LogP contribution in [0, 0.1) is 11.3 Å². The Morgan fingerprint density at radius 2 is 2.12 bits per heavy atom. The Hall–Kier alpha value is -2.02. The number of benzene rings is 1. The van der Waals surface area contributed by atoms with E-state index in [0.717, 1.165) is 5.56 Å². The second-order valence-corrected chi connectivity index (χ2v) is 3.37. The number of carbonyl (C=O) groups excluding carboxylic acids is 1. The molecule has 0 saturated heterocycles. The summed E-state index contributed by atoms with van der Waals surface area (Å²) >= 11 is 0. The predicted molar refractivity (Wildman–Crippen MR) is 63.0 cm³/mol. The third-order valence-corrected chi connectivity index (χ3v) is 2.44. The molecule has 0 fully saturated rings. The highest BCUT2D eigenvalue weighted by Crippen LogP contribution is 2.27. The maximum absolute atomic E-state index is 11.7. The quantitative estimate of drug-likeness (QED) is 0.749. The van der Waals surface area contributed by atoms with Crippen molar-refractivity contribution in [1.29, 1.82) is 5.26 Å². The number of carbonyl (C=O) groups is 1. The molecule has 0 bridgehead atoms. The first kappa shape index (κ1) is 13.0. The largest absolute Gasteiger partial charge is 0.494 e. The Labute approximate surface area is 101 Å². The Bertz CT molecular complexity index is 460. The minimum absolute atomic E-state index is 0.291. The molecule has 0 atom stereocenters. The molecule has 1 rings (SSSR count). The van der Waals surface area contributed by atoms with Gasteiger partial charge in [-0.25, -0.2) is 4.79 Å². The van der Waals surface area contributed by atoms with Crippen LogP contribution in [0.4, 0.5) is 0 Å². The first-order chi connectivity index (χ1) is 8.19. The van der Waals surface area contributed by atoms with Crippen molar-refractivity contribution in [2.24, 2.45) is 0 Å². The average Bonchev–Trinajstić information content (AvgIpc) is 2.36. The van der Waals surface area contributed by atoms with Crippen LogP contribution < -0.4 is 4.74 Å². The summed E-state index contributed by atoms with van der Waals surface area (Å²) in [5.74, 6) is -0.172. The van der Waals surface area contributed by atoms with Crippen molar-refractivity contribution in [2.75, 3.05) is 13.7 Å². The minimum Gasteiger partial charge on any atom is -0.494 e. The van der Waals surface area contributed by atoms with E-state index in [0.29, 0.717) is 29.9 Å². The zero-order chi connectivity index (χ0) is 12.8. The summed E-state index contributed by atoms with van der Waals surface area (Å²) < 4.78 is 10.1. The second-order valence-electron chi connectivity index (χ2n) is 3.37. The van der Waals surface area contributed by atoms with Crippen LogP contribution in [-0.4, -0.2) is 19.7 Å². The smallest absolute Gasteiger partial charge is 0.341 e. The molecule has 4 heteroatoms. The summed E-state index contributed by atoms with van der Waals surface area (Å²) in [7, 11) is 1.44. The zero-order valence-corrected chi connectivity index (χ0v) is 10.2. The van der Waals surface area contributed by atoms with Crippen molar-refractivity contribution in [2.45, 2.75) is 20.3 Å². The first-order valence-corrected chi connectivity index (χ1v) is 5.46. The van der Waals surface area contributed by atoms with Crippen LogP contribution in [-0.2, 0) is 11.2 Å². The minimum atomic E-state index is -0.469. The third-order valence-electron chi connectivity index (χ3n) is 2.44. The second kappa shape index (κ2) is 5.90. The van der Waals surface area contributed by atoms with Gasteiger partial charge in [-0.05, 0) is 25.0 Å². The van der Waals surface area contributed by atoms with Crippen molar-refractivity contribution in [3.63, 3.8) is 0 Å². The Kier molecular flexibility index (Phi) is 4.53. The summed E-state index contributed by atoms with van der Waals surface area (Å²) in [5, 5.41) is 9.12. The lowest BCUT2D eigenvalue weighted by Gasteiger charge is -2.11. The number of hydrogen-bond acceptors (Lipinski definition) is 4. The Morgan fingerprint density at radius 3 is 2.59 bits per heavy atom. The molecule has 0 radical (unpaired) electrons. The van der Waals surface area contributed by atoms with Gasteiger partial charge in [0.25, 0.3) is 0 Å². The molecule has 0 unspecified atom stereocenters. The van der Waals surface area contributed by atoms with Gasteiger partial charge in [-0.1, -0.05) is 13.0 Å². The molecule has 0 aromatic heterocycles. The van der Waals surface area contributed by atoms with Crippen LogP contribution in [0.5, 0.6) is 5.75 Å². The van der Waals surface area contributed by atoms with Crippen molar-refractivity contribution < 1.29 is 14.3 Å². The Balaban J connectivity index is 3.34. The van der Waals surface area contributed by atoms with Crippen molar-refractivity contribution in [3.8, 4) is 11.8 Å². The van der Waals surface area contributed by atoms with Crippen LogP contribution in [0.1, 0.15) is 35.3 Å². The monoisotopic (exact) mass is 233 g/mol. The lowest BCUT2D eigenvalue weighted by molar-refractivity contribution is 0.0522. The molecule has 4 nitrogen and oxygen atoms in total. The number of ether oxygens (including phenoxy) is 2. The van der Waals surface area contributed by atoms with Crippen LogP contribution in [0.25, 0.3) is 0 Å². The van der Waals surface area contributed by atoms with E-state index in [1.54, 1.807) is 19.1 Å². The van der Waals surface area contributed by atoms with Gasteiger partial charge in [0.15, 0.2) is 5.75 Å². The summed E-state index contributed by atoms with van der Waals surface area (Å²) in [6, 6.07) is 5.46. The maximum atomic E-state index is 11.7. The van der Waals surface area contributed by atoms with E-state index >= 15 is 0 Å². The predicted octanol–water partition coefficient (Wildman–Crippen LogP) is 2.31. The van der Waals surface area contributed by atoms with Gasteiger partial charge in [0.05, 0.1) is 19.3 Å². The van der Waals surface area contributed by atoms with Crippen molar-refractivity contribution >= 4 is 5.97 Å². The lowest BCUT2D eigenvalue weighted by Crippen LogP contribution is -2.08. The standard InChI is InChI=1S/C13H15NO3/c1-4-9-6-7-10(13(15)17-5-2)12(16-3)11(9)8-14/h6-7H,4-5H2,1-3H3. The fraction of sp³-hybridized carbons (Fsp3) is 0.385. The number of aryl methyl sites for hydroxylation is 1. The third kappa shape index (κ3) is 2.56. The van der Waals surface area contributed by atoms with Gasteiger partial charge >= 0.3 is 5.97 Å². The van der Waals surface area contributed by atoms with E-state index in [9.17, 15) is 4.79 Å². The molecular formula is C13H15NO3. The van der Waals surface area contributed by atoms with Crippen molar-refractivity contribution in [3.05, 3.63) is 28.8 Å². The molecule has 0 aliphatic carbocycles. The number of nitrogens with zero attached hydrogens (tertiary/aromatic N) is 1. The molecule has 0 amide bonds. The average molecular weight is 233 g/mol. The number of hydrogen-bond donors (Lipinski definition) is 0. The maximum Gasteiger partial charge on any atom is 0.341 e. The Morgan fingerprint density at radius 1 is 1.41 bits per heavy atom. The number of nitriles is 1. The van der Waals surface area contributed by atoms with Crippen LogP contribution in [0.15, 0.2) is 12.1 Å². The summed E-state index contributed by atoms with van der Waals surface area (Å²) in [5.41, 5.74) is 1.56. The summed E-state index contributed by atoms with van der Waals surface area (Å²) in [6.45, 7) is 3.97. The summed E-state index contributed by atoms with van der Waals surface area (Å²) in [4.78, 5) is 11.7. The van der Waals surface area contributed by atoms with Crippen LogP contribution in [0.2, 0.25) is 0 Å². The highest BCUT2D eigenvalue weighted by atomic mass is 16.5. The van der Waals surface area contributed by atoms with Gasteiger partial charge in [0.1, 0.15) is 11.6 Å². The number of esters is 1. The molecule has 1 aromatic carbocycles. The van der Waals surface area contributed by atoms with Gasteiger partial charge in [0, 0.05) is 0 Å². The van der Waals surface area contributed by atoms with E-state index < -0.39 is 5.97 Å². The summed E-state index contributed by atoms with van der Waals surface area (Å²) in [6.07, 6.45) is 0.711. The first-order valence-electron chi connectivity index (χ1n) is 5.46. The van der Waals surface area contributed by atoms with Gasteiger partial charge < -0.3 is 9.47 Å². The number of rotatable bonds is 4. The van der Waals surface area contributed by atoms with Gasteiger partial charge in [-0.2, -0.15) is 5.26 Å². The highest BCUT2D eigenvalue weighted by Gasteiger charge is 2.19. The molecule has 17 heavy (non-hydrogen) atoms. The molecule has 0 heterocycles. The van der Waals surface area contributed by atoms with E-state index in [2.05, 4.69) is 6.07 Å². The zero-order valence-electron chi connectivity index (χ0n) is 10.2. The molecule has 0 aliphatic rings. The van der Waals surface area contributed by atoms with Crippen molar-refractivity contribution in [1.82, 2.24) is 0 Å². The van der Waals surface area contributed by atoms with Gasteiger partial charge in [-0.15, -0.1) is 0 Å². The van der Waals surface area contributed by atoms with Crippen LogP contribution >= 0.6 is 0 Å². The van der Waals surface area contributed by atoms with E-state index in [1.807, 2.05) is 6.92 Å². The molecule has 0 N–H and O–H groups in total. The topological polar surface area (TPSA) is 59.3 Å². The van der Waals surface area contributed by atoms with Gasteiger partial charge in [0.2, 0.25) is 0 Å². The molecular weight excluding hydrogens is 218 g/mol. The van der Waals surface area contributed by atoms with E-state index in [1.165, 1.54) is 7.11 Å². The normalized spacial score (nSPS) is 9.53. The fourth-order valence-electron chi connectivity index (χ4n) is 1.62. The molecule has 0 saturated carbocycles. The molecule has 0 spiro atoms. The van der Waals surface area contributed by atoms with E-state index in [-0.39, 0.29) is 0 Å².